The molecule has 0 spiro atoms. The molecule has 0 aliphatic heterocycles. The van der Waals surface area contributed by atoms with Gasteiger partial charge in [-0.25, -0.2) is 8.42 Å². The minimum Gasteiger partial charge on any atom is -0.481 e. The molecule has 190 valence electrons. The monoisotopic (exact) mass is 509 g/mol. The van der Waals surface area contributed by atoms with E-state index in [0.717, 1.165) is 16.1 Å². The number of anilines is 2. The summed E-state index contributed by atoms with van der Waals surface area (Å²) in [4.78, 5) is 25.8. The Morgan fingerprint density at radius 3 is 2.22 bits per heavy atom. The largest absolute Gasteiger partial charge is 0.481 e. The Morgan fingerprint density at radius 1 is 0.944 bits per heavy atom. The molecule has 3 aromatic rings. The van der Waals surface area contributed by atoms with Gasteiger partial charge in [-0.1, -0.05) is 49.4 Å². The SMILES string of the molecule is CC[C@H](Oc1ccc(N(C)S(C)(=O)=O)cc1)C(=O)Nc1ccccc1C(=O)NCCc1ccccc1. The van der Waals surface area contributed by atoms with Crippen LogP contribution in [-0.2, 0) is 21.2 Å². The molecule has 0 aliphatic carbocycles. The summed E-state index contributed by atoms with van der Waals surface area (Å²) in [6.07, 6.45) is 1.40. The van der Waals surface area contributed by atoms with Crippen LogP contribution in [-0.4, -0.2) is 46.2 Å². The minimum atomic E-state index is -3.38. The topological polar surface area (TPSA) is 105 Å². The molecule has 0 saturated carbocycles. The first-order valence-electron chi connectivity index (χ1n) is 11.6. The molecule has 0 radical (unpaired) electrons. The van der Waals surface area contributed by atoms with E-state index in [-0.39, 0.29) is 11.8 Å². The van der Waals surface area contributed by atoms with Gasteiger partial charge >= 0.3 is 0 Å². The molecule has 0 saturated heterocycles. The van der Waals surface area contributed by atoms with Crippen molar-refractivity contribution < 1.29 is 22.7 Å². The molecular weight excluding hydrogens is 478 g/mol. The number of ether oxygens (including phenoxy) is 1. The van der Waals surface area contributed by atoms with Gasteiger partial charge in [-0.15, -0.1) is 0 Å². The third kappa shape index (κ3) is 7.32. The van der Waals surface area contributed by atoms with E-state index in [4.69, 9.17) is 4.74 Å². The second-order valence-corrected chi connectivity index (χ2v) is 10.3. The van der Waals surface area contributed by atoms with Gasteiger partial charge in [0, 0.05) is 13.6 Å². The van der Waals surface area contributed by atoms with Crippen molar-refractivity contribution in [2.75, 3.05) is 29.5 Å². The van der Waals surface area contributed by atoms with Gasteiger partial charge in [0.25, 0.3) is 11.8 Å². The van der Waals surface area contributed by atoms with Gasteiger partial charge in [0.1, 0.15) is 5.75 Å². The lowest BCUT2D eigenvalue weighted by atomic mass is 10.1. The highest BCUT2D eigenvalue weighted by Gasteiger charge is 2.21. The number of carbonyl (C=O) groups is 2. The summed E-state index contributed by atoms with van der Waals surface area (Å²) in [5, 5.41) is 5.71. The molecule has 2 amide bonds. The second-order valence-electron chi connectivity index (χ2n) is 8.27. The number of nitrogens with one attached hydrogen (secondary N) is 2. The highest BCUT2D eigenvalue weighted by Crippen LogP contribution is 2.22. The summed E-state index contributed by atoms with van der Waals surface area (Å²) in [6, 6.07) is 23.1. The number of hydrogen-bond acceptors (Lipinski definition) is 5. The Labute approximate surface area is 212 Å². The fourth-order valence-corrected chi connectivity index (χ4v) is 3.98. The smallest absolute Gasteiger partial charge is 0.265 e. The number of para-hydroxylation sites is 1. The quantitative estimate of drug-likeness (QED) is 0.409. The zero-order valence-electron chi connectivity index (χ0n) is 20.6. The van der Waals surface area contributed by atoms with Gasteiger partial charge in [0.2, 0.25) is 10.0 Å². The lowest BCUT2D eigenvalue weighted by Crippen LogP contribution is -2.33. The summed E-state index contributed by atoms with van der Waals surface area (Å²) < 4.78 is 30.4. The Kier molecular flexibility index (Phi) is 9.08. The van der Waals surface area contributed by atoms with Crippen LogP contribution in [0, 0.1) is 0 Å². The first-order valence-corrected chi connectivity index (χ1v) is 13.5. The van der Waals surface area contributed by atoms with Crippen LogP contribution in [0.3, 0.4) is 0 Å². The highest BCUT2D eigenvalue weighted by atomic mass is 32.2. The lowest BCUT2D eigenvalue weighted by Gasteiger charge is -2.20. The number of carbonyl (C=O) groups excluding carboxylic acids is 2. The Morgan fingerprint density at radius 2 is 1.58 bits per heavy atom. The van der Waals surface area contributed by atoms with Gasteiger partial charge in [-0.2, -0.15) is 0 Å². The van der Waals surface area contributed by atoms with Crippen molar-refractivity contribution in [2.24, 2.45) is 0 Å². The number of rotatable bonds is 11. The molecule has 0 aliphatic rings. The number of amides is 2. The molecule has 0 aromatic heterocycles. The summed E-state index contributed by atoms with van der Waals surface area (Å²) in [5.74, 6) is -0.240. The van der Waals surface area contributed by atoms with E-state index < -0.39 is 16.1 Å². The van der Waals surface area contributed by atoms with Crippen molar-refractivity contribution in [2.45, 2.75) is 25.9 Å². The van der Waals surface area contributed by atoms with Gasteiger partial charge in [-0.3, -0.25) is 13.9 Å². The van der Waals surface area contributed by atoms with Gasteiger partial charge in [-0.05, 0) is 54.8 Å². The van der Waals surface area contributed by atoms with Crippen LogP contribution in [0.5, 0.6) is 5.75 Å². The van der Waals surface area contributed by atoms with Crippen molar-refractivity contribution in [1.82, 2.24) is 5.32 Å². The maximum absolute atomic E-state index is 13.0. The average molecular weight is 510 g/mol. The third-order valence-electron chi connectivity index (χ3n) is 5.61. The van der Waals surface area contributed by atoms with Crippen molar-refractivity contribution in [3.05, 3.63) is 90.0 Å². The number of nitrogens with zero attached hydrogens (tertiary/aromatic N) is 1. The molecule has 9 heteroatoms. The fourth-order valence-electron chi connectivity index (χ4n) is 3.48. The second kappa shape index (κ2) is 12.2. The normalized spacial score (nSPS) is 11.9. The number of hydrogen-bond donors (Lipinski definition) is 2. The van der Waals surface area contributed by atoms with Gasteiger partial charge < -0.3 is 15.4 Å². The summed E-state index contributed by atoms with van der Waals surface area (Å²) in [6.45, 7) is 2.29. The van der Waals surface area contributed by atoms with Crippen LogP contribution in [0.25, 0.3) is 0 Å². The standard InChI is InChI=1S/C27H31N3O5S/c1-4-25(35-22-16-14-21(15-17-22)30(2)36(3,33)34)27(32)29-24-13-9-8-12-23(24)26(31)28-19-18-20-10-6-5-7-11-20/h5-17,25H,4,18-19H2,1-3H3,(H,28,31)(H,29,32)/t25-/m0/s1. The molecule has 1 atom stereocenters. The number of sulfonamides is 1. The van der Waals surface area contributed by atoms with E-state index in [0.29, 0.717) is 42.1 Å². The van der Waals surface area contributed by atoms with Crippen LogP contribution >= 0.6 is 0 Å². The average Bonchev–Trinajstić information content (AvgIpc) is 2.87. The maximum atomic E-state index is 13.0. The molecule has 0 heterocycles. The molecule has 3 rings (SSSR count). The molecule has 0 bridgehead atoms. The molecule has 36 heavy (non-hydrogen) atoms. The first-order chi connectivity index (χ1) is 17.2. The predicted molar refractivity (Wildman–Crippen MR) is 142 cm³/mol. The van der Waals surface area contributed by atoms with Crippen LogP contribution in [0.15, 0.2) is 78.9 Å². The molecular formula is C27H31N3O5S. The van der Waals surface area contributed by atoms with E-state index in [1.165, 1.54) is 7.05 Å². The lowest BCUT2D eigenvalue weighted by molar-refractivity contribution is -0.122. The van der Waals surface area contributed by atoms with Crippen LogP contribution in [0.4, 0.5) is 11.4 Å². The van der Waals surface area contributed by atoms with E-state index in [1.54, 1.807) is 48.5 Å². The Bertz CT molecular complexity index is 1280. The molecule has 8 nitrogen and oxygen atoms in total. The fraction of sp³-hybridized carbons (Fsp3) is 0.259. The predicted octanol–water partition coefficient (Wildman–Crippen LogP) is 3.85. The summed E-state index contributed by atoms with van der Waals surface area (Å²) in [5.41, 5.74) is 2.36. The van der Waals surface area contributed by atoms with E-state index in [1.807, 2.05) is 37.3 Å². The van der Waals surface area contributed by atoms with E-state index in [2.05, 4.69) is 10.6 Å². The molecule has 3 aromatic carbocycles. The Hall–Kier alpha value is -3.85. The van der Waals surface area contributed by atoms with Crippen molar-refractivity contribution in [3.63, 3.8) is 0 Å². The summed E-state index contributed by atoms with van der Waals surface area (Å²) in [7, 11) is -1.92. The van der Waals surface area contributed by atoms with Crippen LogP contribution in [0.2, 0.25) is 0 Å². The van der Waals surface area contributed by atoms with Crippen molar-refractivity contribution in [3.8, 4) is 5.75 Å². The zero-order chi connectivity index (χ0) is 26.1. The Balaban J connectivity index is 1.63. The van der Waals surface area contributed by atoms with Crippen molar-refractivity contribution in [1.29, 1.82) is 0 Å². The third-order valence-corrected chi connectivity index (χ3v) is 6.82. The zero-order valence-corrected chi connectivity index (χ0v) is 21.4. The van der Waals surface area contributed by atoms with Gasteiger partial charge in [0.05, 0.1) is 23.2 Å². The van der Waals surface area contributed by atoms with Crippen LogP contribution in [0.1, 0.15) is 29.3 Å². The van der Waals surface area contributed by atoms with E-state index >= 15 is 0 Å². The number of benzene rings is 3. The molecule has 0 unspecified atom stereocenters. The summed E-state index contributed by atoms with van der Waals surface area (Å²) >= 11 is 0. The van der Waals surface area contributed by atoms with Gasteiger partial charge in [0.15, 0.2) is 6.10 Å². The minimum absolute atomic E-state index is 0.276. The van der Waals surface area contributed by atoms with Crippen LogP contribution < -0.4 is 19.7 Å². The van der Waals surface area contributed by atoms with Crippen molar-refractivity contribution >= 4 is 33.2 Å². The maximum Gasteiger partial charge on any atom is 0.265 e. The first kappa shape index (κ1) is 26.7. The van der Waals surface area contributed by atoms with E-state index in [9.17, 15) is 18.0 Å². The highest BCUT2D eigenvalue weighted by molar-refractivity contribution is 7.92. The molecule has 0 fully saturated rings. The molecule has 2 N–H and O–H groups in total.